The first-order valence-electron chi connectivity index (χ1n) is 6.12. The number of rotatable bonds is 8. The van der Waals surface area contributed by atoms with Crippen molar-refractivity contribution in [1.29, 1.82) is 0 Å². The van der Waals surface area contributed by atoms with E-state index in [0.29, 0.717) is 13.0 Å². The van der Waals surface area contributed by atoms with E-state index in [1.165, 1.54) is 0 Å². The van der Waals surface area contributed by atoms with E-state index in [1.54, 1.807) is 6.92 Å². The summed E-state index contributed by atoms with van der Waals surface area (Å²) in [5.41, 5.74) is 4.71. The molecule has 0 aliphatic carbocycles. The number of hydrogen-bond donors (Lipinski definition) is 3. The van der Waals surface area contributed by atoms with Crippen molar-refractivity contribution in [1.82, 2.24) is 10.2 Å². The maximum Gasteiger partial charge on any atom is 0.220 e. The normalized spacial score (nSPS) is 16.6. The van der Waals surface area contributed by atoms with Gasteiger partial charge in [0.1, 0.15) is 0 Å². The van der Waals surface area contributed by atoms with Gasteiger partial charge in [0, 0.05) is 25.6 Å². The van der Waals surface area contributed by atoms with Crippen LogP contribution in [0.2, 0.25) is 0 Å². The molecule has 0 saturated carbocycles. The third-order valence-corrected chi connectivity index (χ3v) is 2.39. The van der Waals surface area contributed by atoms with Crippen molar-refractivity contribution >= 4 is 5.91 Å². The maximum absolute atomic E-state index is 11.5. The van der Waals surface area contributed by atoms with E-state index in [1.807, 2.05) is 25.9 Å². The predicted molar refractivity (Wildman–Crippen MR) is 69.7 cm³/mol. The summed E-state index contributed by atoms with van der Waals surface area (Å²) in [6, 6.07) is 0.139. The van der Waals surface area contributed by atoms with Crippen molar-refractivity contribution < 1.29 is 9.90 Å². The lowest BCUT2D eigenvalue weighted by atomic mass is 10.1. The van der Waals surface area contributed by atoms with Crippen LogP contribution < -0.4 is 11.1 Å². The van der Waals surface area contributed by atoms with E-state index in [9.17, 15) is 9.90 Å². The van der Waals surface area contributed by atoms with Crippen LogP contribution in [0.3, 0.4) is 0 Å². The van der Waals surface area contributed by atoms with Gasteiger partial charge < -0.3 is 21.1 Å². The average molecular weight is 245 g/mol. The standard InChI is InChI=1S/C12H27N3O2/c1-10(13)6-5-7-11(16)14-8-12(2,17)9-15(3)4/h10,17H,5-9,13H2,1-4H3,(H,14,16). The minimum atomic E-state index is -0.889. The molecule has 0 aliphatic heterocycles. The minimum absolute atomic E-state index is 0.0234. The van der Waals surface area contributed by atoms with Crippen molar-refractivity contribution in [3.05, 3.63) is 0 Å². The van der Waals surface area contributed by atoms with Gasteiger partial charge in [-0.05, 0) is 40.8 Å². The Morgan fingerprint density at radius 3 is 2.59 bits per heavy atom. The number of nitrogens with zero attached hydrogens (tertiary/aromatic N) is 1. The monoisotopic (exact) mass is 245 g/mol. The van der Waals surface area contributed by atoms with Crippen LogP contribution in [0.15, 0.2) is 0 Å². The van der Waals surface area contributed by atoms with E-state index in [0.717, 1.165) is 12.8 Å². The van der Waals surface area contributed by atoms with Crippen molar-refractivity contribution in [3.63, 3.8) is 0 Å². The largest absolute Gasteiger partial charge is 0.387 e. The lowest BCUT2D eigenvalue weighted by Gasteiger charge is -2.27. The summed E-state index contributed by atoms with van der Waals surface area (Å²) in [5, 5.41) is 12.7. The number of aliphatic hydroxyl groups is 1. The number of amides is 1. The molecule has 17 heavy (non-hydrogen) atoms. The summed E-state index contributed by atoms with van der Waals surface area (Å²) >= 11 is 0. The van der Waals surface area contributed by atoms with E-state index in [-0.39, 0.29) is 18.5 Å². The number of carbonyl (C=O) groups is 1. The Balaban J connectivity index is 3.75. The predicted octanol–water partition coefficient (Wildman–Crippen LogP) is -0.0673. The van der Waals surface area contributed by atoms with Gasteiger partial charge >= 0.3 is 0 Å². The van der Waals surface area contributed by atoms with E-state index in [4.69, 9.17) is 5.73 Å². The fourth-order valence-electron chi connectivity index (χ4n) is 1.70. The van der Waals surface area contributed by atoms with E-state index >= 15 is 0 Å². The fourth-order valence-corrected chi connectivity index (χ4v) is 1.70. The average Bonchev–Trinajstić information content (AvgIpc) is 2.12. The Labute approximate surface area is 104 Å². The second-order valence-corrected chi connectivity index (χ2v) is 5.38. The van der Waals surface area contributed by atoms with Crippen LogP contribution in [0.1, 0.15) is 33.1 Å². The van der Waals surface area contributed by atoms with Crippen molar-refractivity contribution in [2.75, 3.05) is 27.2 Å². The van der Waals surface area contributed by atoms with Crippen LogP contribution in [0, 0.1) is 0 Å². The number of carbonyl (C=O) groups excluding carboxylic acids is 1. The lowest BCUT2D eigenvalue weighted by molar-refractivity contribution is -0.122. The molecule has 0 aliphatic rings. The van der Waals surface area contributed by atoms with Crippen LogP contribution in [0.4, 0.5) is 0 Å². The smallest absolute Gasteiger partial charge is 0.220 e. The van der Waals surface area contributed by atoms with Crippen LogP contribution in [-0.4, -0.2) is 54.7 Å². The minimum Gasteiger partial charge on any atom is -0.387 e. The van der Waals surface area contributed by atoms with E-state index in [2.05, 4.69) is 5.32 Å². The molecule has 0 fully saturated rings. The van der Waals surface area contributed by atoms with Gasteiger partial charge in [0.05, 0.1) is 5.60 Å². The van der Waals surface area contributed by atoms with Gasteiger partial charge in [0.15, 0.2) is 0 Å². The van der Waals surface area contributed by atoms with Crippen molar-refractivity contribution in [3.8, 4) is 0 Å². The molecule has 0 rings (SSSR count). The molecule has 0 heterocycles. The zero-order valence-corrected chi connectivity index (χ0v) is 11.5. The highest BCUT2D eigenvalue weighted by molar-refractivity contribution is 5.75. The highest BCUT2D eigenvalue weighted by atomic mass is 16.3. The van der Waals surface area contributed by atoms with Gasteiger partial charge in [-0.15, -0.1) is 0 Å². The number of hydrogen-bond acceptors (Lipinski definition) is 4. The second-order valence-electron chi connectivity index (χ2n) is 5.38. The Kier molecular flexibility index (Phi) is 7.34. The molecule has 0 saturated heterocycles. The van der Waals surface area contributed by atoms with Crippen molar-refractivity contribution in [2.24, 2.45) is 5.73 Å². The Bertz CT molecular complexity index is 228. The molecule has 0 aromatic rings. The van der Waals surface area contributed by atoms with Crippen LogP contribution in [0.25, 0.3) is 0 Å². The van der Waals surface area contributed by atoms with E-state index < -0.39 is 5.60 Å². The zero-order chi connectivity index (χ0) is 13.5. The molecule has 0 radical (unpaired) electrons. The Hall–Kier alpha value is -0.650. The highest BCUT2D eigenvalue weighted by Crippen LogP contribution is 2.03. The maximum atomic E-state index is 11.5. The molecule has 4 N–H and O–H groups in total. The summed E-state index contributed by atoms with van der Waals surface area (Å²) in [4.78, 5) is 13.4. The first kappa shape index (κ1) is 16.4. The summed E-state index contributed by atoms with van der Waals surface area (Å²) in [5.74, 6) is -0.0234. The van der Waals surface area contributed by atoms with Gasteiger partial charge in [-0.2, -0.15) is 0 Å². The summed E-state index contributed by atoms with van der Waals surface area (Å²) in [7, 11) is 3.78. The van der Waals surface area contributed by atoms with Gasteiger partial charge in [0.2, 0.25) is 5.91 Å². The molecule has 0 aromatic heterocycles. The molecular formula is C12H27N3O2. The van der Waals surface area contributed by atoms with Crippen LogP contribution in [0.5, 0.6) is 0 Å². The molecule has 0 bridgehead atoms. The molecule has 5 heteroatoms. The summed E-state index contributed by atoms with van der Waals surface area (Å²) < 4.78 is 0. The van der Waals surface area contributed by atoms with Gasteiger partial charge in [-0.25, -0.2) is 0 Å². The first-order valence-corrected chi connectivity index (χ1v) is 6.12. The molecule has 0 aromatic carbocycles. The first-order chi connectivity index (χ1) is 7.73. The van der Waals surface area contributed by atoms with Gasteiger partial charge in [-0.3, -0.25) is 4.79 Å². The Morgan fingerprint density at radius 1 is 1.53 bits per heavy atom. The topological polar surface area (TPSA) is 78.6 Å². The molecule has 2 atom stereocenters. The lowest BCUT2D eigenvalue weighted by Crippen LogP contribution is -2.47. The van der Waals surface area contributed by atoms with Crippen molar-refractivity contribution in [2.45, 2.75) is 44.8 Å². The number of likely N-dealkylation sites (N-methyl/N-ethyl adjacent to an activating group) is 1. The number of nitrogens with one attached hydrogen (secondary N) is 1. The summed E-state index contributed by atoms with van der Waals surface area (Å²) in [6.45, 7) is 4.45. The fraction of sp³-hybridized carbons (Fsp3) is 0.917. The van der Waals surface area contributed by atoms with Gasteiger partial charge in [-0.1, -0.05) is 0 Å². The third kappa shape index (κ3) is 10.2. The van der Waals surface area contributed by atoms with Crippen LogP contribution >= 0.6 is 0 Å². The molecule has 5 nitrogen and oxygen atoms in total. The highest BCUT2D eigenvalue weighted by Gasteiger charge is 2.21. The molecule has 2 unspecified atom stereocenters. The van der Waals surface area contributed by atoms with Gasteiger partial charge in [0.25, 0.3) is 0 Å². The second kappa shape index (κ2) is 7.63. The molecule has 0 spiro atoms. The third-order valence-electron chi connectivity index (χ3n) is 2.39. The summed E-state index contributed by atoms with van der Waals surface area (Å²) in [6.07, 6.45) is 2.11. The number of nitrogens with two attached hydrogens (primary N) is 1. The Morgan fingerprint density at radius 2 is 2.12 bits per heavy atom. The van der Waals surface area contributed by atoms with Crippen LogP contribution in [-0.2, 0) is 4.79 Å². The zero-order valence-electron chi connectivity index (χ0n) is 11.5. The SMILES string of the molecule is CC(N)CCCC(=O)NCC(C)(O)CN(C)C. The molecule has 102 valence electrons. The molecule has 1 amide bonds. The quantitative estimate of drug-likeness (QED) is 0.559. The molecular weight excluding hydrogens is 218 g/mol.